The summed E-state index contributed by atoms with van der Waals surface area (Å²) in [4.78, 5) is 0. The topological polar surface area (TPSA) is 30.7 Å². The fraction of sp³-hybridized carbons (Fsp3) is 0.818. The SMILES string of the molecule is CCCCCc1cn(CCCC)nn1. The smallest absolute Gasteiger partial charge is 0.0827 e. The fourth-order valence-corrected chi connectivity index (χ4v) is 1.44. The molecule has 3 heteroatoms. The van der Waals surface area contributed by atoms with E-state index in [1.807, 2.05) is 4.68 Å². The second kappa shape index (κ2) is 6.57. The molecule has 1 aromatic rings. The summed E-state index contributed by atoms with van der Waals surface area (Å²) in [5.74, 6) is 0. The maximum Gasteiger partial charge on any atom is 0.0827 e. The third-order valence-corrected chi connectivity index (χ3v) is 2.36. The molecule has 0 aromatic carbocycles. The molecule has 3 nitrogen and oxygen atoms in total. The summed E-state index contributed by atoms with van der Waals surface area (Å²) < 4.78 is 1.96. The Bertz CT molecular complexity index is 242. The van der Waals surface area contributed by atoms with Gasteiger partial charge < -0.3 is 0 Å². The summed E-state index contributed by atoms with van der Waals surface area (Å²) in [6.07, 6.45) is 9.38. The number of rotatable bonds is 7. The van der Waals surface area contributed by atoms with E-state index < -0.39 is 0 Å². The summed E-state index contributed by atoms with van der Waals surface area (Å²) in [5, 5.41) is 8.25. The molecular formula is C11H21N3. The molecular weight excluding hydrogens is 174 g/mol. The number of nitrogens with zero attached hydrogens (tertiary/aromatic N) is 3. The summed E-state index contributed by atoms with van der Waals surface area (Å²) in [6.45, 7) is 5.43. The van der Waals surface area contributed by atoms with Crippen molar-refractivity contribution in [3.8, 4) is 0 Å². The van der Waals surface area contributed by atoms with Gasteiger partial charge in [0.1, 0.15) is 0 Å². The molecule has 1 rings (SSSR count). The van der Waals surface area contributed by atoms with Crippen molar-refractivity contribution in [2.45, 2.75) is 58.9 Å². The molecule has 80 valence electrons. The van der Waals surface area contributed by atoms with Gasteiger partial charge in [-0.05, 0) is 19.3 Å². The van der Waals surface area contributed by atoms with Gasteiger partial charge in [0.05, 0.1) is 5.69 Å². The van der Waals surface area contributed by atoms with Gasteiger partial charge in [0, 0.05) is 12.7 Å². The van der Waals surface area contributed by atoms with Crippen LogP contribution in [0.3, 0.4) is 0 Å². The maximum atomic E-state index is 4.15. The molecule has 0 saturated heterocycles. The van der Waals surface area contributed by atoms with Crippen LogP contribution < -0.4 is 0 Å². The maximum absolute atomic E-state index is 4.15. The highest BCUT2D eigenvalue weighted by Crippen LogP contribution is 2.03. The van der Waals surface area contributed by atoms with Crippen molar-refractivity contribution in [3.63, 3.8) is 0 Å². The van der Waals surface area contributed by atoms with Crippen molar-refractivity contribution < 1.29 is 0 Å². The Morgan fingerprint density at radius 3 is 2.64 bits per heavy atom. The summed E-state index contributed by atoms with van der Waals surface area (Å²) in [5.41, 5.74) is 1.15. The molecule has 0 aliphatic carbocycles. The van der Waals surface area contributed by atoms with E-state index in [9.17, 15) is 0 Å². The van der Waals surface area contributed by atoms with Crippen molar-refractivity contribution in [1.29, 1.82) is 0 Å². The van der Waals surface area contributed by atoms with E-state index in [4.69, 9.17) is 0 Å². The van der Waals surface area contributed by atoms with E-state index in [1.54, 1.807) is 0 Å². The van der Waals surface area contributed by atoms with Crippen LogP contribution in [0.15, 0.2) is 6.20 Å². The summed E-state index contributed by atoms with van der Waals surface area (Å²) >= 11 is 0. The molecule has 0 radical (unpaired) electrons. The minimum Gasteiger partial charge on any atom is -0.252 e. The van der Waals surface area contributed by atoms with Crippen LogP contribution in [-0.4, -0.2) is 15.0 Å². The first kappa shape index (κ1) is 11.2. The number of aryl methyl sites for hydroxylation is 2. The van der Waals surface area contributed by atoms with Crippen molar-refractivity contribution in [3.05, 3.63) is 11.9 Å². The Balaban J connectivity index is 2.27. The molecule has 0 aliphatic rings. The minimum absolute atomic E-state index is 1.01. The largest absolute Gasteiger partial charge is 0.252 e. The quantitative estimate of drug-likeness (QED) is 0.626. The Morgan fingerprint density at radius 1 is 1.14 bits per heavy atom. The van der Waals surface area contributed by atoms with Gasteiger partial charge in [-0.15, -0.1) is 5.10 Å². The molecule has 0 N–H and O–H groups in total. The lowest BCUT2D eigenvalue weighted by atomic mass is 10.2. The highest BCUT2D eigenvalue weighted by atomic mass is 15.4. The monoisotopic (exact) mass is 195 g/mol. The molecule has 0 atom stereocenters. The van der Waals surface area contributed by atoms with E-state index in [0.717, 1.165) is 18.7 Å². The predicted molar refractivity (Wildman–Crippen MR) is 58.2 cm³/mol. The molecule has 0 amide bonds. The molecule has 0 aliphatic heterocycles. The zero-order chi connectivity index (χ0) is 10.2. The van der Waals surface area contributed by atoms with Crippen LogP contribution in [0.5, 0.6) is 0 Å². The Kier molecular flexibility index (Phi) is 5.27. The normalized spacial score (nSPS) is 10.7. The van der Waals surface area contributed by atoms with E-state index >= 15 is 0 Å². The first-order chi connectivity index (χ1) is 6.86. The first-order valence-corrected chi connectivity index (χ1v) is 5.75. The third kappa shape index (κ3) is 3.90. The number of hydrogen-bond acceptors (Lipinski definition) is 2. The van der Waals surface area contributed by atoms with Gasteiger partial charge in [-0.2, -0.15) is 0 Å². The van der Waals surface area contributed by atoms with Crippen LogP contribution >= 0.6 is 0 Å². The zero-order valence-electron chi connectivity index (χ0n) is 9.37. The van der Waals surface area contributed by atoms with Crippen LogP contribution in [0.2, 0.25) is 0 Å². The molecule has 0 fully saturated rings. The Labute approximate surface area is 86.5 Å². The molecule has 1 aromatic heterocycles. The van der Waals surface area contributed by atoms with E-state index in [-0.39, 0.29) is 0 Å². The number of hydrogen-bond donors (Lipinski definition) is 0. The van der Waals surface area contributed by atoms with Gasteiger partial charge in [-0.1, -0.05) is 38.3 Å². The van der Waals surface area contributed by atoms with E-state index in [0.29, 0.717) is 0 Å². The molecule has 0 saturated carbocycles. The van der Waals surface area contributed by atoms with Gasteiger partial charge in [0.15, 0.2) is 0 Å². The summed E-state index contributed by atoms with van der Waals surface area (Å²) in [6, 6.07) is 0. The van der Waals surface area contributed by atoms with E-state index in [2.05, 4.69) is 30.4 Å². The average Bonchev–Trinajstić information content (AvgIpc) is 2.63. The van der Waals surface area contributed by atoms with Crippen molar-refractivity contribution in [2.24, 2.45) is 0 Å². The Morgan fingerprint density at radius 2 is 1.93 bits per heavy atom. The highest BCUT2D eigenvalue weighted by Gasteiger charge is 1.99. The van der Waals surface area contributed by atoms with Gasteiger partial charge in [-0.3, -0.25) is 4.68 Å². The van der Waals surface area contributed by atoms with Gasteiger partial charge in [-0.25, -0.2) is 0 Å². The summed E-state index contributed by atoms with van der Waals surface area (Å²) in [7, 11) is 0. The molecule has 0 unspecified atom stereocenters. The van der Waals surface area contributed by atoms with Crippen LogP contribution in [-0.2, 0) is 13.0 Å². The van der Waals surface area contributed by atoms with Crippen molar-refractivity contribution in [1.82, 2.24) is 15.0 Å². The zero-order valence-corrected chi connectivity index (χ0v) is 9.37. The van der Waals surface area contributed by atoms with Crippen LogP contribution in [0, 0.1) is 0 Å². The molecule has 0 bridgehead atoms. The third-order valence-electron chi connectivity index (χ3n) is 2.36. The lowest BCUT2D eigenvalue weighted by Gasteiger charge is -1.96. The van der Waals surface area contributed by atoms with Gasteiger partial charge >= 0.3 is 0 Å². The lowest BCUT2D eigenvalue weighted by molar-refractivity contribution is 0.553. The van der Waals surface area contributed by atoms with Gasteiger partial charge in [0.25, 0.3) is 0 Å². The minimum atomic E-state index is 1.01. The second-order valence-electron chi connectivity index (χ2n) is 3.78. The Hall–Kier alpha value is -0.860. The van der Waals surface area contributed by atoms with Crippen molar-refractivity contribution >= 4 is 0 Å². The fourth-order valence-electron chi connectivity index (χ4n) is 1.44. The van der Waals surface area contributed by atoms with E-state index in [1.165, 1.54) is 32.1 Å². The molecule has 0 spiro atoms. The van der Waals surface area contributed by atoms with Crippen LogP contribution in [0.25, 0.3) is 0 Å². The average molecular weight is 195 g/mol. The standard InChI is InChI=1S/C11H21N3/c1-3-5-7-8-11-10-14(13-12-11)9-6-4-2/h10H,3-9H2,1-2H3. The van der Waals surface area contributed by atoms with Gasteiger partial charge in [0.2, 0.25) is 0 Å². The molecule has 14 heavy (non-hydrogen) atoms. The lowest BCUT2D eigenvalue weighted by Crippen LogP contribution is -1.97. The number of aromatic nitrogens is 3. The predicted octanol–water partition coefficient (Wildman–Crippen LogP) is 2.81. The number of unbranched alkanes of at least 4 members (excludes halogenated alkanes) is 3. The second-order valence-corrected chi connectivity index (χ2v) is 3.78. The molecule has 1 heterocycles. The van der Waals surface area contributed by atoms with Crippen molar-refractivity contribution in [2.75, 3.05) is 0 Å². The van der Waals surface area contributed by atoms with Crippen LogP contribution in [0.4, 0.5) is 0 Å². The van der Waals surface area contributed by atoms with Crippen LogP contribution in [0.1, 0.15) is 51.6 Å². The highest BCUT2D eigenvalue weighted by molar-refractivity contribution is 4.91. The first-order valence-electron chi connectivity index (χ1n) is 5.75.